The maximum absolute atomic E-state index is 12.0. The van der Waals surface area contributed by atoms with Crippen LogP contribution < -0.4 is 10.1 Å². The van der Waals surface area contributed by atoms with Gasteiger partial charge in [0.2, 0.25) is 22.8 Å². The second-order valence-electron chi connectivity index (χ2n) is 5.39. The van der Waals surface area contributed by atoms with Crippen LogP contribution >= 0.6 is 39.5 Å². The summed E-state index contributed by atoms with van der Waals surface area (Å²) in [6.07, 6.45) is 0.294. The quantitative estimate of drug-likeness (QED) is 0.565. The summed E-state index contributed by atoms with van der Waals surface area (Å²) in [5.74, 6) is -1.22. The first-order valence-electron chi connectivity index (χ1n) is 7.32. The van der Waals surface area contributed by atoms with Crippen molar-refractivity contribution in [1.29, 1.82) is 0 Å². The molecule has 0 spiro atoms. The highest BCUT2D eigenvalue weighted by molar-refractivity contribution is 9.10. The first-order chi connectivity index (χ1) is 11.8. The molecule has 0 saturated carbocycles. The highest BCUT2D eigenvalue weighted by Gasteiger charge is 2.30. The van der Waals surface area contributed by atoms with Gasteiger partial charge in [-0.3, -0.25) is 24.6 Å². The van der Waals surface area contributed by atoms with Crippen LogP contribution in [-0.2, 0) is 21.4 Å². The minimum Gasteiger partial charge on any atom is -0.319 e. The first-order valence-corrected chi connectivity index (χ1v) is 9.34. The molecule has 3 rings (SSSR count). The molecule has 0 aliphatic carbocycles. The van der Waals surface area contributed by atoms with E-state index >= 15 is 0 Å². The molecule has 2 aromatic rings. The predicted octanol–water partition coefficient (Wildman–Crippen LogP) is 1.45. The lowest BCUT2D eigenvalue weighted by Crippen LogP contribution is -2.41. The maximum Gasteiger partial charge on any atom is 0.246 e. The molecule has 1 fully saturated rings. The van der Waals surface area contributed by atoms with Crippen molar-refractivity contribution in [3.05, 3.63) is 27.5 Å². The van der Waals surface area contributed by atoms with Crippen molar-refractivity contribution in [3.8, 4) is 0 Å². The van der Waals surface area contributed by atoms with Crippen LogP contribution in [0.2, 0.25) is 0 Å². The third-order valence-electron chi connectivity index (χ3n) is 3.67. The van der Waals surface area contributed by atoms with E-state index < -0.39 is 5.91 Å². The summed E-state index contributed by atoms with van der Waals surface area (Å²) >= 11 is 9.96. The van der Waals surface area contributed by atoms with E-state index in [9.17, 15) is 14.4 Å². The first kappa shape index (κ1) is 17.9. The molecular weight excluding hydrogens is 428 g/mol. The van der Waals surface area contributed by atoms with Gasteiger partial charge in [0.05, 0.1) is 10.2 Å². The Balaban J connectivity index is 1.74. The standard InChI is InChI=1S/C15H13BrN4O3S2/c1-19-9-3-2-8(16)6-10(9)25-15(19)18-14(24)17-11(21)7-20-12(22)4-5-13(20)23/h2-3,6H,4-5,7H2,1H3,(H,17,21,24). The molecule has 25 heavy (non-hydrogen) atoms. The van der Waals surface area contributed by atoms with Crippen LogP contribution in [-0.4, -0.2) is 38.8 Å². The molecular formula is C15H13BrN4O3S2. The number of carbonyl (C=O) groups is 3. The number of halogens is 1. The highest BCUT2D eigenvalue weighted by atomic mass is 79.9. The van der Waals surface area contributed by atoms with E-state index in [0.717, 1.165) is 19.6 Å². The number of carbonyl (C=O) groups excluding carboxylic acids is 3. The van der Waals surface area contributed by atoms with E-state index in [1.807, 2.05) is 29.8 Å². The molecule has 1 aliphatic heterocycles. The predicted molar refractivity (Wildman–Crippen MR) is 101 cm³/mol. The molecule has 1 saturated heterocycles. The number of thiazole rings is 1. The summed E-state index contributed by atoms with van der Waals surface area (Å²) in [6.45, 7) is -0.335. The number of benzene rings is 1. The van der Waals surface area contributed by atoms with Gasteiger partial charge in [-0.15, -0.1) is 0 Å². The van der Waals surface area contributed by atoms with Gasteiger partial charge in [-0.05, 0) is 30.4 Å². The van der Waals surface area contributed by atoms with Gasteiger partial charge in [0.1, 0.15) is 6.54 Å². The zero-order valence-corrected chi connectivity index (χ0v) is 16.3. The molecule has 0 unspecified atom stereocenters. The van der Waals surface area contributed by atoms with E-state index in [1.54, 1.807) is 0 Å². The Morgan fingerprint density at radius 2 is 2.04 bits per heavy atom. The zero-order chi connectivity index (χ0) is 18.1. The third kappa shape index (κ3) is 3.86. The number of likely N-dealkylation sites (tertiary alicyclic amines) is 1. The Morgan fingerprint density at radius 3 is 2.72 bits per heavy atom. The van der Waals surface area contributed by atoms with Crippen molar-refractivity contribution in [1.82, 2.24) is 14.8 Å². The summed E-state index contributed by atoms with van der Waals surface area (Å²) in [5.41, 5.74) is 0.995. The fourth-order valence-electron chi connectivity index (χ4n) is 2.43. The maximum atomic E-state index is 12.0. The number of thiocarbonyl (C=S) groups is 1. The molecule has 130 valence electrons. The van der Waals surface area contributed by atoms with Gasteiger partial charge in [-0.25, -0.2) is 0 Å². The van der Waals surface area contributed by atoms with E-state index in [1.165, 1.54) is 11.3 Å². The second-order valence-corrected chi connectivity index (χ2v) is 7.71. The summed E-state index contributed by atoms with van der Waals surface area (Å²) in [7, 11) is 1.86. The van der Waals surface area contributed by atoms with Crippen LogP contribution in [0.15, 0.2) is 27.7 Å². The lowest BCUT2D eigenvalue weighted by Gasteiger charge is -2.12. The summed E-state index contributed by atoms with van der Waals surface area (Å²) < 4.78 is 3.86. The van der Waals surface area contributed by atoms with Gasteiger partial charge in [0.25, 0.3) is 0 Å². The highest BCUT2D eigenvalue weighted by Crippen LogP contribution is 2.21. The average molecular weight is 441 g/mol. The van der Waals surface area contributed by atoms with Crippen molar-refractivity contribution in [3.63, 3.8) is 0 Å². The van der Waals surface area contributed by atoms with Gasteiger partial charge >= 0.3 is 0 Å². The largest absolute Gasteiger partial charge is 0.319 e. The minimum atomic E-state index is -0.538. The smallest absolute Gasteiger partial charge is 0.246 e. The molecule has 7 nitrogen and oxygen atoms in total. The number of nitrogens with one attached hydrogen (secondary N) is 1. The summed E-state index contributed by atoms with van der Waals surface area (Å²) in [4.78, 5) is 40.9. The fraction of sp³-hybridized carbons (Fsp3) is 0.267. The number of fused-ring (bicyclic) bond motifs is 1. The summed E-state index contributed by atoms with van der Waals surface area (Å²) in [6, 6.07) is 5.87. The van der Waals surface area contributed by atoms with Gasteiger partial charge in [0.15, 0.2) is 4.80 Å². The molecule has 3 amide bonds. The van der Waals surface area contributed by atoms with Crippen molar-refractivity contribution in [2.24, 2.45) is 12.0 Å². The molecule has 1 aliphatic rings. The number of hydrogen-bond donors (Lipinski definition) is 1. The topological polar surface area (TPSA) is 83.8 Å². The van der Waals surface area contributed by atoms with Crippen LogP contribution in [0.25, 0.3) is 10.2 Å². The number of amides is 3. The Morgan fingerprint density at radius 1 is 1.36 bits per heavy atom. The number of hydrogen-bond acceptors (Lipinski definition) is 5. The SMILES string of the molecule is Cn1c(=NC(=S)NC(=O)CN2C(=O)CCC2=O)sc2cc(Br)ccc21. The average Bonchev–Trinajstić information content (AvgIpc) is 3.01. The lowest BCUT2D eigenvalue weighted by molar-refractivity contribution is -0.142. The van der Waals surface area contributed by atoms with Crippen molar-refractivity contribution in [2.45, 2.75) is 12.8 Å². The normalized spacial score (nSPS) is 15.3. The Hall–Kier alpha value is -1.91. The van der Waals surface area contributed by atoms with Crippen LogP contribution in [0.5, 0.6) is 0 Å². The van der Waals surface area contributed by atoms with Gasteiger partial charge < -0.3 is 4.57 Å². The van der Waals surface area contributed by atoms with Crippen LogP contribution in [0.1, 0.15) is 12.8 Å². The van der Waals surface area contributed by atoms with Gasteiger partial charge in [0, 0.05) is 24.4 Å². The van der Waals surface area contributed by atoms with E-state index in [4.69, 9.17) is 12.2 Å². The molecule has 1 aromatic heterocycles. The van der Waals surface area contributed by atoms with Gasteiger partial charge in [-0.2, -0.15) is 4.99 Å². The van der Waals surface area contributed by atoms with Crippen LogP contribution in [0.3, 0.4) is 0 Å². The zero-order valence-electron chi connectivity index (χ0n) is 13.1. The van der Waals surface area contributed by atoms with E-state index in [0.29, 0.717) is 4.80 Å². The van der Waals surface area contributed by atoms with Crippen LogP contribution in [0, 0.1) is 0 Å². The molecule has 10 heteroatoms. The van der Waals surface area contributed by atoms with E-state index in [-0.39, 0.29) is 36.3 Å². The third-order valence-corrected chi connectivity index (χ3v) is 5.45. The van der Waals surface area contributed by atoms with E-state index in [2.05, 4.69) is 26.2 Å². The number of nitrogens with zero attached hydrogens (tertiary/aromatic N) is 3. The Labute approximate surface area is 160 Å². The van der Waals surface area contributed by atoms with Crippen molar-refractivity contribution in [2.75, 3.05) is 6.54 Å². The molecule has 1 N–H and O–H groups in total. The number of aryl methyl sites for hydroxylation is 1. The minimum absolute atomic E-state index is 0.00897. The van der Waals surface area contributed by atoms with Crippen molar-refractivity contribution >= 4 is 72.5 Å². The molecule has 0 bridgehead atoms. The van der Waals surface area contributed by atoms with Gasteiger partial charge in [-0.1, -0.05) is 27.3 Å². The molecule has 1 aromatic carbocycles. The Kier molecular flexibility index (Phi) is 5.11. The Bertz CT molecular complexity index is 963. The second kappa shape index (κ2) is 7.14. The number of aromatic nitrogens is 1. The summed E-state index contributed by atoms with van der Waals surface area (Å²) in [5, 5.41) is 2.43. The number of rotatable bonds is 2. The molecule has 2 heterocycles. The molecule has 0 atom stereocenters. The number of imide groups is 1. The molecule has 0 radical (unpaired) electrons. The lowest BCUT2D eigenvalue weighted by atomic mass is 10.3. The fourth-order valence-corrected chi connectivity index (χ4v) is 4.27. The van der Waals surface area contributed by atoms with Crippen molar-refractivity contribution < 1.29 is 14.4 Å². The monoisotopic (exact) mass is 440 g/mol. The van der Waals surface area contributed by atoms with Crippen LogP contribution in [0.4, 0.5) is 0 Å².